The van der Waals surface area contributed by atoms with Crippen LogP contribution in [0.1, 0.15) is 10.4 Å². The summed E-state index contributed by atoms with van der Waals surface area (Å²) >= 11 is 4.70. The number of fused-ring (bicyclic) bond motifs is 3. The van der Waals surface area contributed by atoms with Gasteiger partial charge in [-0.25, -0.2) is 9.97 Å². The summed E-state index contributed by atoms with van der Waals surface area (Å²) in [4.78, 5) is 21.9. The van der Waals surface area contributed by atoms with Crippen molar-refractivity contribution in [3.05, 3.63) is 35.9 Å². The molecule has 0 aliphatic rings. The van der Waals surface area contributed by atoms with Crippen molar-refractivity contribution in [1.29, 1.82) is 0 Å². The lowest BCUT2D eigenvalue weighted by Gasteiger charge is -2.09. The van der Waals surface area contributed by atoms with E-state index in [1.807, 2.05) is 18.4 Å². The van der Waals surface area contributed by atoms with Crippen LogP contribution in [0.25, 0.3) is 20.4 Å². The van der Waals surface area contributed by atoms with E-state index in [2.05, 4.69) is 15.3 Å². The lowest BCUT2D eigenvalue weighted by atomic mass is 10.2. The zero-order valence-corrected chi connectivity index (χ0v) is 17.2. The number of aromatic nitrogens is 2. The van der Waals surface area contributed by atoms with Gasteiger partial charge in [0.1, 0.15) is 11.5 Å². The molecule has 0 bridgehead atoms. The SMILES string of the molecule is COc1ccc(OC)c(C(=O)Nc2nc3ccc4nc(SC)sc4c3s2)c1. The van der Waals surface area contributed by atoms with Crippen LogP contribution in [-0.2, 0) is 0 Å². The standard InChI is InChI=1S/C18H15N3O3S3/c1-23-9-4-7-13(24-2)10(8-9)16(22)21-17-19-11-5-6-12-15(14(11)26-17)27-18(20-12)25-3/h4-8H,1-3H3,(H,19,21,22). The fourth-order valence-electron chi connectivity index (χ4n) is 2.65. The van der Waals surface area contributed by atoms with Crippen LogP contribution in [0.3, 0.4) is 0 Å². The lowest BCUT2D eigenvalue weighted by molar-refractivity contribution is 0.102. The van der Waals surface area contributed by atoms with Crippen molar-refractivity contribution in [2.24, 2.45) is 0 Å². The summed E-state index contributed by atoms with van der Waals surface area (Å²) in [6.45, 7) is 0. The highest BCUT2D eigenvalue weighted by molar-refractivity contribution is 8.00. The first-order chi connectivity index (χ1) is 13.1. The summed E-state index contributed by atoms with van der Waals surface area (Å²) < 4.78 is 13.6. The maximum Gasteiger partial charge on any atom is 0.261 e. The number of nitrogens with one attached hydrogen (secondary N) is 1. The maximum atomic E-state index is 12.8. The van der Waals surface area contributed by atoms with Crippen LogP contribution in [0, 0.1) is 0 Å². The molecule has 2 aromatic heterocycles. The third-order valence-electron chi connectivity index (χ3n) is 3.94. The minimum atomic E-state index is -0.296. The van der Waals surface area contributed by atoms with Crippen molar-refractivity contribution in [3.8, 4) is 11.5 Å². The van der Waals surface area contributed by atoms with Gasteiger partial charge in [-0.15, -0.1) is 11.3 Å². The van der Waals surface area contributed by atoms with Gasteiger partial charge in [-0.2, -0.15) is 0 Å². The number of carbonyl (C=O) groups is 1. The van der Waals surface area contributed by atoms with Crippen LogP contribution < -0.4 is 14.8 Å². The molecule has 4 rings (SSSR count). The van der Waals surface area contributed by atoms with Gasteiger partial charge in [0.25, 0.3) is 5.91 Å². The van der Waals surface area contributed by atoms with Crippen LogP contribution in [0.4, 0.5) is 5.13 Å². The quantitative estimate of drug-likeness (QED) is 0.466. The Hall–Kier alpha value is -2.36. The Morgan fingerprint density at radius 2 is 1.78 bits per heavy atom. The summed E-state index contributed by atoms with van der Waals surface area (Å²) in [5, 5.41) is 3.40. The molecule has 0 saturated heterocycles. The first-order valence-electron chi connectivity index (χ1n) is 7.90. The summed E-state index contributed by atoms with van der Waals surface area (Å²) in [6.07, 6.45) is 2.01. The number of benzene rings is 2. The molecular formula is C18H15N3O3S3. The van der Waals surface area contributed by atoms with E-state index < -0.39 is 0 Å². The van der Waals surface area contributed by atoms with Crippen molar-refractivity contribution in [2.45, 2.75) is 4.34 Å². The second-order valence-corrected chi connectivity index (χ2v) is 8.54. The van der Waals surface area contributed by atoms with Gasteiger partial charge in [0, 0.05) is 0 Å². The van der Waals surface area contributed by atoms with E-state index in [9.17, 15) is 4.79 Å². The van der Waals surface area contributed by atoms with E-state index >= 15 is 0 Å². The van der Waals surface area contributed by atoms with Gasteiger partial charge >= 0.3 is 0 Å². The van der Waals surface area contributed by atoms with Crippen molar-refractivity contribution >= 4 is 65.9 Å². The van der Waals surface area contributed by atoms with Gasteiger partial charge < -0.3 is 9.47 Å². The summed E-state index contributed by atoms with van der Waals surface area (Å²) in [7, 11) is 3.08. The topological polar surface area (TPSA) is 73.3 Å². The molecule has 1 N–H and O–H groups in total. The van der Waals surface area contributed by atoms with E-state index in [1.165, 1.54) is 18.4 Å². The number of thiazole rings is 2. The van der Waals surface area contributed by atoms with Crippen molar-refractivity contribution in [1.82, 2.24) is 9.97 Å². The molecule has 0 aliphatic heterocycles. The van der Waals surface area contributed by atoms with Crippen LogP contribution in [0.5, 0.6) is 11.5 Å². The Balaban J connectivity index is 1.70. The van der Waals surface area contributed by atoms with Crippen LogP contribution >= 0.6 is 34.4 Å². The normalized spacial score (nSPS) is 11.1. The minimum Gasteiger partial charge on any atom is -0.497 e. The highest BCUT2D eigenvalue weighted by Gasteiger charge is 2.17. The average Bonchev–Trinajstić information content (AvgIpc) is 3.30. The van der Waals surface area contributed by atoms with Gasteiger partial charge in [-0.05, 0) is 36.6 Å². The number of anilines is 1. The van der Waals surface area contributed by atoms with Crippen molar-refractivity contribution in [3.63, 3.8) is 0 Å². The molecule has 0 saturated carbocycles. The molecule has 0 radical (unpaired) electrons. The Morgan fingerprint density at radius 1 is 1.04 bits per heavy atom. The second-order valence-electron chi connectivity index (χ2n) is 5.49. The highest BCUT2D eigenvalue weighted by Crippen LogP contribution is 2.38. The van der Waals surface area contributed by atoms with Gasteiger partial charge in [-0.3, -0.25) is 10.1 Å². The number of hydrogen-bond acceptors (Lipinski definition) is 8. The Morgan fingerprint density at radius 3 is 2.48 bits per heavy atom. The number of nitrogens with zero attached hydrogens (tertiary/aromatic N) is 2. The summed E-state index contributed by atoms with van der Waals surface area (Å²) in [5.74, 6) is 0.764. The number of thioether (sulfide) groups is 1. The number of amides is 1. The number of rotatable bonds is 5. The first kappa shape index (κ1) is 18.0. The highest BCUT2D eigenvalue weighted by atomic mass is 32.2. The summed E-state index contributed by atoms with van der Waals surface area (Å²) in [5.41, 5.74) is 2.19. The minimum absolute atomic E-state index is 0.296. The molecule has 6 nitrogen and oxygen atoms in total. The molecule has 2 heterocycles. The van der Waals surface area contributed by atoms with E-state index in [0.29, 0.717) is 22.2 Å². The fraction of sp³-hybridized carbons (Fsp3) is 0.167. The molecule has 138 valence electrons. The molecule has 0 fully saturated rings. The smallest absolute Gasteiger partial charge is 0.261 e. The predicted molar refractivity (Wildman–Crippen MR) is 112 cm³/mol. The largest absolute Gasteiger partial charge is 0.497 e. The zero-order chi connectivity index (χ0) is 19.0. The first-order valence-corrected chi connectivity index (χ1v) is 10.8. The van der Waals surface area contributed by atoms with Gasteiger partial charge in [0.15, 0.2) is 9.47 Å². The molecule has 2 aromatic carbocycles. The Labute approximate surface area is 167 Å². The Bertz CT molecular complexity index is 1150. The number of carbonyl (C=O) groups excluding carboxylic acids is 1. The maximum absolute atomic E-state index is 12.8. The molecule has 9 heteroatoms. The molecule has 0 unspecified atom stereocenters. The number of ether oxygens (including phenoxy) is 2. The molecular weight excluding hydrogens is 402 g/mol. The molecule has 0 atom stereocenters. The number of methoxy groups -OCH3 is 2. The molecule has 0 aliphatic carbocycles. The predicted octanol–water partition coefficient (Wildman–Crippen LogP) is 4.90. The van der Waals surface area contributed by atoms with Crippen LogP contribution in [0.15, 0.2) is 34.7 Å². The van der Waals surface area contributed by atoms with Crippen LogP contribution in [-0.4, -0.2) is 36.4 Å². The monoisotopic (exact) mass is 417 g/mol. The molecule has 1 amide bonds. The van der Waals surface area contributed by atoms with E-state index in [0.717, 1.165) is 24.8 Å². The van der Waals surface area contributed by atoms with E-state index in [1.54, 1.807) is 48.4 Å². The van der Waals surface area contributed by atoms with Gasteiger partial charge in [-0.1, -0.05) is 23.1 Å². The summed E-state index contributed by atoms with van der Waals surface area (Å²) in [6, 6.07) is 8.99. The van der Waals surface area contributed by atoms with Crippen molar-refractivity contribution in [2.75, 3.05) is 25.8 Å². The number of hydrogen-bond donors (Lipinski definition) is 1. The van der Waals surface area contributed by atoms with Gasteiger partial charge in [0.2, 0.25) is 0 Å². The molecule has 0 spiro atoms. The fourth-order valence-corrected chi connectivity index (χ4v) is 5.30. The third-order valence-corrected chi connectivity index (χ3v) is 7.15. The second kappa shape index (κ2) is 7.34. The van der Waals surface area contributed by atoms with E-state index in [-0.39, 0.29) is 5.91 Å². The average molecular weight is 418 g/mol. The van der Waals surface area contributed by atoms with E-state index in [4.69, 9.17) is 9.47 Å². The Kier molecular flexibility index (Phi) is 4.90. The van der Waals surface area contributed by atoms with Gasteiger partial charge in [0.05, 0.1) is 40.2 Å². The third kappa shape index (κ3) is 3.33. The molecule has 27 heavy (non-hydrogen) atoms. The van der Waals surface area contributed by atoms with Crippen LogP contribution in [0.2, 0.25) is 0 Å². The lowest BCUT2D eigenvalue weighted by Crippen LogP contribution is -2.13. The molecule has 4 aromatic rings. The zero-order valence-electron chi connectivity index (χ0n) is 14.7. The van der Waals surface area contributed by atoms with Crippen molar-refractivity contribution < 1.29 is 14.3 Å².